The van der Waals surface area contributed by atoms with Gasteiger partial charge in [0.05, 0.1) is 22.2 Å². The SMILES string of the molecule is O=C1CCC(N2C(=O)c3ccc(CN4CCCC(N5CCN(c6ccc(C(=O)Nc7n[nH]c8ccc(Cc9cc(F)cc(F)c9)cc78)c(NC7CCOCC7)c6)CC5)C4)cc3C2=O)C(=O)N1. The molecule has 5 aliphatic heterocycles. The molecule has 4 aromatic carbocycles. The minimum Gasteiger partial charge on any atom is -0.381 e. The Morgan fingerprint density at radius 3 is 2.35 bits per heavy atom. The number of ether oxygens (including phenoxy) is 1. The minimum absolute atomic E-state index is 0.0765. The lowest BCUT2D eigenvalue weighted by atomic mass is 10.0. The number of H-pyrrole nitrogens is 1. The van der Waals surface area contributed by atoms with Crippen molar-refractivity contribution in [2.75, 3.05) is 68.0 Å². The number of anilines is 3. The highest BCUT2D eigenvalue weighted by Gasteiger charge is 2.44. The van der Waals surface area contributed by atoms with E-state index in [1.165, 1.54) is 12.1 Å². The van der Waals surface area contributed by atoms with Gasteiger partial charge >= 0.3 is 0 Å². The fraction of sp³-hybridized carbons (Fsp3) is 0.388. The maximum absolute atomic E-state index is 14.1. The smallest absolute Gasteiger partial charge is 0.262 e. The Balaban J connectivity index is 0.785. The normalized spacial score (nSPS) is 21.1. The molecule has 4 saturated heterocycles. The number of amides is 5. The van der Waals surface area contributed by atoms with Gasteiger partial charge in [-0.3, -0.25) is 49.1 Å². The summed E-state index contributed by atoms with van der Waals surface area (Å²) < 4.78 is 33.5. The molecule has 5 aliphatic rings. The van der Waals surface area contributed by atoms with Gasteiger partial charge in [-0.1, -0.05) is 12.1 Å². The second kappa shape index (κ2) is 18.4. The van der Waals surface area contributed by atoms with Gasteiger partial charge in [0.2, 0.25) is 11.8 Å². The Labute approximate surface area is 379 Å². The second-order valence-electron chi connectivity index (χ2n) is 18.0. The number of piperazine rings is 1. The maximum atomic E-state index is 14.1. The number of nitrogens with zero attached hydrogens (tertiary/aromatic N) is 5. The first-order valence-electron chi connectivity index (χ1n) is 22.8. The number of hydrogen-bond acceptors (Lipinski definition) is 11. The standard InChI is InChI=1S/C49H51F2N9O6/c50-32-21-31(22-33(51)25-32)20-29-4-8-41-40(23-29)45(56-55-41)54-46(62)38-7-5-35(26-42(38)52-34-11-18-66-19-12-34)58-14-16-59(17-15-58)36-2-1-13-57(28-36)27-30-3-6-37-39(24-30)49(65)60(48(37)64)43-9-10-44(61)53-47(43)63/h3-8,21-26,34,36,43,52H,1-2,9-20,27-28H2,(H,53,61,63)(H2,54,55,56,62). The molecule has 15 nitrogen and oxygen atoms in total. The van der Waals surface area contributed by atoms with Crippen LogP contribution in [0.2, 0.25) is 0 Å². The maximum Gasteiger partial charge on any atom is 0.262 e. The highest BCUT2D eigenvalue weighted by Crippen LogP contribution is 2.32. The van der Waals surface area contributed by atoms with Crippen LogP contribution in [-0.2, 0) is 27.3 Å². The number of halogens is 2. The molecule has 5 aromatic rings. The van der Waals surface area contributed by atoms with Crippen molar-refractivity contribution in [1.82, 2.24) is 30.2 Å². The largest absolute Gasteiger partial charge is 0.381 e. The minimum atomic E-state index is -0.994. The van der Waals surface area contributed by atoms with Crippen molar-refractivity contribution in [3.8, 4) is 0 Å². The predicted molar refractivity (Wildman–Crippen MR) is 242 cm³/mol. The lowest BCUT2D eigenvalue weighted by Gasteiger charge is -2.44. The number of nitrogens with one attached hydrogen (secondary N) is 4. The summed E-state index contributed by atoms with van der Waals surface area (Å²) in [5.74, 6) is -3.25. The van der Waals surface area contributed by atoms with Crippen LogP contribution in [0.4, 0.5) is 26.0 Å². The number of carbonyl (C=O) groups is 5. The quantitative estimate of drug-likeness (QED) is 0.124. The number of carbonyl (C=O) groups excluding carboxylic acids is 5. The lowest BCUT2D eigenvalue weighted by Crippen LogP contribution is -2.55. The van der Waals surface area contributed by atoms with Gasteiger partial charge in [0.25, 0.3) is 17.7 Å². The fourth-order valence-corrected chi connectivity index (χ4v) is 10.2. The lowest BCUT2D eigenvalue weighted by molar-refractivity contribution is -0.136. The summed E-state index contributed by atoms with van der Waals surface area (Å²) in [7, 11) is 0. The zero-order valence-electron chi connectivity index (χ0n) is 36.4. The number of rotatable bonds is 11. The first kappa shape index (κ1) is 43.3. The number of fused-ring (bicyclic) bond motifs is 2. The highest BCUT2D eigenvalue weighted by atomic mass is 19.1. The van der Waals surface area contributed by atoms with Gasteiger partial charge < -0.3 is 20.3 Å². The zero-order chi connectivity index (χ0) is 45.5. The van der Waals surface area contributed by atoms with Crippen molar-refractivity contribution in [2.24, 2.45) is 0 Å². The van der Waals surface area contributed by atoms with Crippen LogP contribution >= 0.6 is 0 Å². The molecule has 66 heavy (non-hydrogen) atoms. The van der Waals surface area contributed by atoms with Gasteiger partial charge in [-0.2, -0.15) is 5.10 Å². The van der Waals surface area contributed by atoms with Crippen LogP contribution in [-0.4, -0.2) is 125 Å². The Morgan fingerprint density at radius 2 is 1.56 bits per heavy atom. The van der Waals surface area contributed by atoms with Crippen LogP contribution in [0, 0.1) is 11.6 Å². The fourth-order valence-electron chi connectivity index (χ4n) is 10.2. The molecule has 0 spiro atoms. The molecule has 0 bridgehead atoms. The number of likely N-dealkylation sites (tertiary alicyclic amines) is 1. The van der Waals surface area contributed by atoms with E-state index < -0.39 is 41.3 Å². The summed E-state index contributed by atoms with van der Waals surface area (Å²) >= 11 is 0. The van der Waals surface area contributed by atoms with Gasteiger partial charge in [0.15, 0.2) is 5.82 Å². The summed E-state index contributed by atoms with van der Waals surface area (Å²) in [6.07, 6.45) is 4.25. The number of hydrogen-bond donors (Lipinski definition) is 4. The van der Waals surface area contributed by atoms with Crippen molar-refractivity contribution < 1.29 is 37.5 Å². The predicted octanol–water partition coefficient (Wildman–Crippen LogP) is 5.46. The first-order valence-corrected chi connectivity index (χ1v) is 22.8. The molecule has 2 atom stereocenters. The molecule has 6 heterocycles. The van der Waals surface area contributed by atoms with Crippen molar-refractivity contribution in [3.63, 3.8) is 0 Å². The highest BCUT2D eigenvalue weighted by molar-refractivity contribution is 6.23. The van der Waals surface area contributed by atoms with Gasteiger partial charge in [-0.15, -0.1) is 0 Å². The number of aromatic nitrogens is 2. The number of benzene rings is 4. The van der Waals surface area contributed by atoms with Crippen LogP contribution in [0.25, 0.3) is 10.9 Å². The summed E-state index contributed by atoms with van der Waals surface area (Å²) in [5.41, 5.74) is 5.78. The number of imide groups is 2. The van der Waals surface area contributed by atoms with Gasteiger partial charge in [0.1, 0.15) is 17.7 Å². The van der Waals surface area contributed by atoms with E-state index in [4.69, 9.17) is 4.74 Å². The summed E-state index contributed by atoms with van der Waals surface area (Å²) in [6.45, 7) is 7.07. The van der Waals surface area contributed by atoms with E-state index in [2.05, 4.69) is 46.9 Å². The molecule has 0 aliphatic carbocycles. The topological polar surface area (TPSA) is 172 Å². The van der Waals surface area contributed by atoms with E-state index in [0.717, 1.165) is 98.4 Å². The van der Waals surface area contributed by atoms with Crippen LogP contribution in [0.1, 0.15) is 86.3 Å². The molecule has 342 valence electrons. The molecule has 1 aromatic heterocycles. The van der Waals surface area contributed by atoms with Crippen molar-refractivity contribution in [1.29, 1.82) is 0 Å². The van der Waals surface area contributed by atoms with E-state index in [0.29, 0.717) is 65.6 Å². The number of piperidine rings is 2. The summed E-state index contributed by atoms with van der Waals surface area (Å²) in [6, 6.07) is 19.8. The van der Waals surface area contributed by atoms with Crippen molar-refractivity contribution >= 4 is 57.6 Å². The van der Waals surface area contributed by atoms with Crippen LogP contribution < -0.4 is 20.9 Å². The van der Waals surface area contributed by atoms with Crippen molar-refractivity contribution in [3.05, 3.63) is 118 Å². The average molecular weight is 900 g/mol. The summed E-state index contributed by atoms with van der Waals surface area (Å²) in [4.78, 5) is 73.4. The van der Waals surface area contributed by atoms with Gasteiger partial charge in [0, 0.05) is 93.8 Å². The second-order valence-corrected chi connectivity index (χ2v) is 18.0. The van der Waals surface area contributed by atoms with E-state index in [1.807, 2.05) is 36.4 Å². The molecular formula is C49H51F2N9O6. The van der Waals surface area contributed by atoms with Crippen LogP contribution in [0.3, 0.4) is 0 Å². The molecular weight excluding hydrogens is 849 g/mol. The third kappa shape index (κ3) is 9.02. The third-order valence-electron chi connectivity index (χ3n) is 13.6. The van der Waals surface area contributed by atoms with E-state index >= 15 is 0 Å². The Morgan fingerprint density at radius 1 is 0.788 bits per heavy atom. The van der Waals surface area contributed by atoms with E-state index in [-0.39, 0.29) is 30.4 Å². The molecule has 10 rings (SSSR count). The van der Waals surface area contributed by atoms with Crippen LogP contribution in [0.5, 0.6) is 0 Å². The summed E-state index contributed by atoms with van der Waals surface area (Å²) in [5, 5.41) is 17.0. The van der Waals surface area contributed by atoms with Crippen LogP contribution in [0.15, 0.2) is 72.8 Å². The van der Waals surface area contributed by atoms with E-state index in [1.54, 1.807) is 12.1 Å². The third-order valence-corrected chi connectivity index (χ3v) is 13.6. The molecule has 17 heteroatoms. The van der Waals surface area contributed by atoms with Gasteiger partial charge in [-0.25, -0.2) is 8.78 Å². The average Bonchev–Trinajstić information content (AvgIpc) is 3.81. The molecule has 0 saturated carbocycles. The Hall–Kier alpha value is -6.56. The Bertz CT molecular complexity index is 2710. The van der Waals surface area contributed by atoms with Gasteiger partial charge in [-0.05, 0) is 116 Å². The number of aromatic amines is 1. The Kier molecular flexibility index (Phi) is 12.1. The molecule has 2 unspecified atom stereocenters. The molecule has 4 N–H and O–H groups in total. The molecule has 0 radical (unpaired) electrons. The first-order chi connectivity index (χ1) is 32.0. The van der Waals surface area contributed by atoms with Crippen molar-refractivity contribution in [2.45, 2.75) is 69.6 Å². The molecule has 5 amide bonds. The molecule has 4 fully saturated rings. The van der Waals surface area contributed by atoms with E-state index in [9.17, 15) is 32.8 Å². The zero-order valence-corrected chi connectivity index (χ0v) is 36.4. The monoisotopic (exact) mass is 899 g/mol.